The molecule has 0 saturated heterocycles. The van der Waals surface area contributed by atoms with Crippen molar-refractivity contribution >= 4 is 29.4 Å². The molecule has 0 bridgehead atoms. The van der Waals surface area contributed by atoms with Crippen molar-refractivity contribution in [2.45, 2.75) is 26.2 Å². The van der Waals surface area contributed by atoms with E-state index in [1.807, 2.05) is 0 Å². The van der Waals surface area contributed by atoms with Gasteiger partial charge in [-0.3, -0.25) is 9.59 Å². The highest BCUT2D eigenvalue weighted by molar-refractivity contribution is 6.34. The number of amides is 2. The van der Waals surface area contributed by atoms with Gasteiger partial charge in [-0.2, -0.15) is 0 Å². The summed E-state index contributed by atoms with van der Waals surface area (Å²) >= 11 is 0. The molecule has 1 aliphatic rings. The summed E-state index contributed by atoms with van der Waals surface area (Å²) < 4.78 is 0. The van der Waals surface area contributed by atoms with Crippen molar-refractivity contribution in [3.8, 4) is 0 Å². The van der Waals surface area contributed by atoms with Crippen LogP contribution in [-0.4, -0.2) is 34.0 Å². The number of benzene rings is 2. The number of anilines is 1. The maximum atomic E-state index is 12.8. The third kappa shape index (κ3) is 3.31. The lowest BCUT2D eigenvalue weighted by Crippen LogP contribution is -2.29. The molecular weight excluding hydrogens is 350 g/mol. The van der Waals surface area contributed by atoms with Crippen LogP contribution >= 0.6 is 0 Å². The van der Waals surface area contributed by atoms with Gasteiger partial charge in [0.05, 0.1) is 27.9 Å². The molecule has 2 amide bonds. The van der Waals surface area contributed by atoms with E-state index in [2.05, 4.69) is 6.92 Å². The molecule has 7 heteroatoms. The molecule has 0 spiro atoms. The Morgan fingerprint density at radius 3 is 2.04 bits per heavy atom. The van der Waals surface area contributed by atoms with E-state index in [0.717, 1.165) is 47.9 Å². The number of rotatable bonds is 6. The highest BCUT2D eigenvalue weighted by atomic mass is 16.4. The van der Waals surface area contributed by atoms with Crippen LogP contribution in [0.5, 0.6) is 0 Å². The molecule has 7 nitrogen and oxygen atoms in total. The zero-order valence-corrected chi connectivity index (χ0v) is 14.6. The van der Waals surface area contributed by atoms with Crippen molar-refractivity contribution in [2.24, 2.45) is 0 Å². The minimum atomic E-state index is -1.35. The SMILES string of the molecule is CCCCc1ccc2c(c1)C(=O)N(c1cc(C(=O)O)cc(C(=O)O)c1)C2=O. The number of nitrogens with zero attached hydrogens (tertiary/aromatic N) is 1. The van der Waals surface area contributed by atoms with Crippen LogP contribution in [0.15, 0.2) is 36.4 Å². The predicted molar refractivity (Wildman–Crippen MR) is 96.6 cm³/mol. The average molecular weight is 367 g/mol. The lowest BCUT2D eigenvalue weighted by Gasteiger charge is -2.15. The lowest BCUT2D eigenvalue weighted by atomic mass is 10.0. The van der Waals surface area contributed by atoms with Gasteiger partial charge >= 0.3 is 11.9 Å². The molecule has 0 aromatic heterocycles. The molecule has 3 rings (SSSR count). The Bertz CT molecular complexity index is 946. The maximum Gasteiger partial charge on any atom is 0.335 e. The van der Waals surface area contributed by atoms with Crippen LogP contribution in [0.4, 0.5) is 5.69 Å². The maximum absolute atomic E-state index is 12.8. The molecular formula is C20H17NO6. The third-order valence-electron chi connectivity index (χ3n) is 4.44. The van der Waals surface area contributed by atoms with Crippen molar-refractivity contribution in [3.05, 3.63) is 64.2 Å². The van der Waals surface area contributed by atoms with Gasteiger partial charge in [0.2, 0.25) is 0 Å². The third-order valence-corrected chi connectivity index (χ3v) is 4.44. The van der Waals surface area contributed by atoms with Gasteiger partial charge in [0.1, 0.15) is 0 Å². The number of imide groups is 1. The van der Waals surface area contributed by atoms with Crippen LogP contribution in [-0.2, 0) is 6.42 Å². The average Bonchev–Trinajstić information content (AvgIpc) is 2.89. The number of aryl methyl sites for hydroxylation is 1. The van der Waals surface area contributed by atoms with E-state index in [1.54, 1.807) is 18.2 Å². The summed E-state index contributed by atoms with van der Waals surface area (Å²) in [6.45, 7) is 2.05. The Kier molecular flexibility index (Phi) is 4.77. The number of unbranched alkanes of at least 4 members (excludes halogenated alkanes) is 1. The van der Waals surface area contributed by atoms with Gasteiger partial charge in [0.25, 0.3) is 11.8 Å². The van der Waals surface area contributed by atoms with Gasteiger partial charge in [-0.05, 0) is 48.7 Å². The second-order valence-electron chi connectivity index (χ2n) is 6.31. The second kappa shape index (κ2) is 7.03. The first-order valence-electron chi connectivity index (χ1n) is 8.47. The summed E-state index contributed by atoms with van der Waals surface area (Å²) in [6, 6.07) is 8.27. The fourth-order valence-electron chi connectivity index (χ4n) is 3.05. The molecule has 0 saturated carbocycles. The van der Waals surface area contributed by atoms with E-state index in [0.29, 0.717) is 0 Å². The molecule has 0 aliphatic carbocycles. The Balaban J connectivity index is 2.05. The molecule has 0 unspecified atom stereocenters. The van der Waals surface area contributed by atoms with E-state index in [4.69, 9.17) is 0 Å². The monoisotopic (exact) mass is 367 g/mol. The van der Waals surface area contributed by atoms with Crippen molar-refractivity contribution in [1.29, 1.82) is 0 Å². The van der Waals surface area contributed by atoms with Gasteiger partial charge in [0.15, 0.2) is 0 Å². The predicted octanol–water partition coefficient (Wildman–Crippen LogP) is 3.23. The summed E-state index contributed by atoms with van der Waals surface area (Å²) in [5.74, 6) is -3.89. The Labute approximate surface area is 154 Å². The number of hydrogen-bond acceptors (Lipinski definition) is 4. The number of hydrogen-bond donors (Lipinski definition) is 2. The van der Waals surface area contributed by atoms with Gasteiger partial charge in [-0.15, -0.1) is 0 Å². The Morgan fingerprint density at radius 2 is 1.48 bits per heavy atom. The summed E-state index contributed by atoms with van der Waals surface area (Å²) in [7, 11) is 0. The van der Waals surface area contributed by atoms with Gasteiger partial charge in [0, 0.05) is 0 Å². The number of aromatic carboxylic acids is 2. The van der Waals surface area contributed by atoms with Gasteiger partial charge in [-0.25, -0.2) is 14.5 Å². The molecule has 2 aromatic carbocycles. The first-order chi connectivity index (χ1) is 12.8. The molecule has 27 heavy (non-hydrogen) atoms. The summed E-state index contributed by atoms with van der Waals surface area (Å²) in [5.41, 5.74) is 0.692. The summed E-state index contributed by atoms with van der Waals surface area (Å²) in [4.78, 5) is 48.9. The zero-order chi connectivity index (χ0) is 19.7. The molecule has 2 aromatic rings. The highest BCUT2D eigenvalue weighted by Gasteiger charge is 2.37. The van der Waals surface area contributed by atoms with Gasteiger partial charge in [-0.1, -0.05) is 19.4 Å². The van der Waals surface area contributed by atoms with E-state index in [1.165, 1.54) is 0 Å². The molecule has 1 aliphatic heterocycles. The number of carboxylic acids is 2. The molecule has 0 fully saturated rings. The topological polar surface area (TPSA) is 112 Å². The van der Waals surface area contributed by atoms with E-state index < -0.39 is 23.8 Å². The normalized spacial score (nSPS) is 13.0. The summed E-state index contributed by atoms with van der Waals surface area (Å²) in [5, 5.41) is 18.4. The van der Waals surface area contributed by atoms with Crippen LogP contribution < -0.4 is 4.90 Å². The van der Waals surface area contributed by atoms with E-state index >= 15 is 0 Å². The van der Waals surface area contributed by atoms with Crippen LogP contribution in [0.1, 0.15) is 66.8 Å². The molecule has 0 atom stereocenters. The van der Waals surface area contributed by atoms with Crippen molar-refractivity contribution in [1.82, 2.24) is 0 Å². The van der Waals surface area contributed by atoms with Crippen LogP contribution in [0.2, 0.25) is 0 Å². The molecule has 1 heterocycles. The van der Waals surface area contributed by atoms with Crippen LogP contribution in [0.3, 0.4) is 0 Å². The fourth-order valence-corrected chi connectivity index (χ4v) is 3.05. The van der Waals surface area contributed by atoms with Crippen molar-refractivity contribution < 1.29 is 29.4 Å². The minimum Gasteiger partial charge on any atom is -0.478 e. The van der Waals surface area contributed by atoms with E-state index in [-0.39, 0.29) is 27.9 Å². The highest BCUT2D eigenvalue weighted by Crippen LogP contribution is 2.31. The molecule has 138 valence electrons. The number of carboxylic acid groups (broad SMARTS) is 2. The zero-order valence-electron chi connectivity index (χ0n) is 14.6. The number of carbonyl (C=O) groups excluding carboxylic acids is 2. The van der Waals surface area contributed by atoms with Crippen molar-refractivity contribution in [2.75, 3.05) is 4.90 Å². The number of fused-ring (bicyclic) bond motifs is 1. The first-order valence-corrected chi connectivity index (χ1v) is 8.47. The Morgan fingerprint density at radius 1 is 0.889 bits per heavy atom. The smallest absolute Gasteiger partial charge is 0.335 e. The fraction of sp³-hybridized carbons (Fsp3) is 0.200. The Hall–Kier alpha value is -3.48. The molecule has 2 N–H and O–H groups in total. The van der Waals surface area contributed by atoms with Gasteiger partial charge < -0.3 is 10.2 Å². The quantitative estimate of drug-likeness (QED) is 0.758. The number of carbonyl (C=O) groups is 4. The van der Waals surface area contributed by atoms with Crippen LogP contribution in [0.25, 0.3) is 0 Å². The lowest BCUT2D eigenvalue weighted by molar-refractivity contribution is 0.0695. The first kappa shape index (κ1) is 18.3. The second-order valence-corrected chi connectivity index (χ2v) is 6.31. The van der Waals surface area contributed by atoms with Crippen molar-refractivity contribution in [3.63, 3.8) is 0 Å². The molecule has 0 radical (unpaired) electrons. The minimum absolute atomic E-state index is 0.0754. The summed E-state index contributed by atoms with van der Waals surface area (Å²) in [6.07, 6.45) is 2.73. The van der Waals surface area contributed by atoms with Crippen LogP contribution in [0, 0.1) is 0 Å². The van der Waals surface area contributed by atoms with E-state index in [9.17, 15) is 29.4 Å². The largest absolute Gasteiger partial charge is 0.478 e. The standard InChI is InChI=1S/C20H17NO6/c1-2-3-4-11-5-6-15-16(7-11)18(23)21(17(15)22)14-9-12(19(24)25)8-13(10-14)20(26)27/h5-10H,2-4H2,1H3,(H,24,25)(H,26,27).